The van der Waals surface area contributed by atoms with Crippen molar-refractivity contribution in [2.45, 2.75) is 19.5 Å². The van der Waals surface area contributed by atoms with Crippen LogP contribution in [0.1, 0.15) is 12.5 Å². The lowest BCUT2D eigenvalue weighted by Gasteiger charge is -2.18. The third-order valence-corrected chi connectivity index (χ3v) is 1.94. The molecule has 0 aliphatic rings. The third kappa shape index (κ3) is 3.85. The van der Waals surface area contributed by atoms with Crippen LogP contribution in [0.3, 0.4) is 0 Å². The summed E-state index contributed by atoms with van der Waals surface area (Å²) < 4.78 is 12.8. The van der Waals surface area contributed by atoms with Gasteiger partial charge in [-0.3, -0.25) is 0 Å². The van der Waals surface area contributed by atoms with Crippen LogP contribution >= 0.6 is 0 Å². The van der Waals surface area contributed by atoms with E-state index in [0.29, 0.717) is 0 Å². The van der Waals surface area contributed by atoms with Crippen LogP contribution in [0.4, 0.5) is 4.39 Å². The van der Waals surface area contributed by atoms with Gasteiger partial charge in [0.2, 0.25) is 0 Å². The molecule has 0 fully saturated rings. The van der Waals surface area contributed by atoms with Crippen molar-refractivity contribution in [3.8, 4) is 0 Å². The molecule has 1 aromatic rings. The molecule has 0 bridgehead atoms. The molecular weight excluding hydrogens is 179 g/mol. The number of hydrogen-bond acceptors (Lipinski definition) is 2. The van der Waals surface area contributed by atoms with E-state index < -0.39 is 0 Å². The maximum Gasteiger partial charge on any atom is 0.123 e. The van der Waals surface area contributed by atoms with Gasteiger partial charge in [0.15, 0.2) is 0 Å². The van der Waals surface area contributed by atoms with Gasteiger partial charge in [-0.2, -0.15) is 0 Å². The first-order valence-electron chi connectivity index (χ1n) is 4.76. The number of likely N-dealkylation sites (N-methyl/N-ethyl adjacent to an activating group) is 1. The van der Waals surface area contributed by atoms with Gasteiger partial charge in [0.05, 0.1) is 0 Å². The molecule has 3 heteroatoms. The lowest BCUT2D eigenvalue weighted by Crippen LogP contribution is -2.32. The summed E-state index contributed by atoms with van der Waals surface area (Å²) in [4.78, 5) is 2.08. The average Bonchev–Trinajstić information content (AvgIpc) is 2.01. The zero-order valence-corrected chi connectivity index (χ0v) is 8.70. The van der Waals surface area contributed by atoms with Crippen LogP contribution < -0.4 is 5.73 Å². The van der Waals surface area contributed by atoms with Gasteiger partial charge in [-0.1, -0.05) is 12.1 Å². The summed E-state index contributed by atoms with van der Waals surface area (Å²) in [5.41, 5.74) is 6.64. The number of rotatable bonds is 4. The molecule has 0 heterocycles. The highest BCUT2D eigenvalue weighted by Crippen LogP contribution is 2.06. The summed E-state index contributed by atoms with van der Waals surface area (Å²) in [6.45, 7) is 3.51. The normalized spacial score (nSPS) is 13.2. The molecule has 0 aliphatic carbocycles. The molecule has 0 radical (unpaired) electrons. The van der Waals surface area contributed by atoms with Crippen molar-refractivity contribution >= 4 is 0 Å². The quantitative estimate of drug-likeness (QED) is 0.792. The molecule has 1 rings (SSSR count). The molecular formula is C11H17FN2. The zero-order chi connectivity index (χ0) is 10.6. The lowest BCUT2D eigenvalue weighted by molar-refractivity contribution is 0.309. The van der Waals surface area contributed by atoms with Gasteiger partial charge in [0.1, 0.15) is 5.82 Å². The van der Waals surface area contributed by atoms with E-state index in [1.54, 1.807) is 12.1 Å². The summed E-state index contributed by atoms with van der Waals surface area (Å²) >= 11 is 0. The predicted octanol–water partition coefficient (Wildman–Crippen LogP) is 1.60. The second kappa shape index (κ2) is 5.08. The molecule has 0 amide bonds. The van der Waals surface area contributed by atoms with E-state index in [1.165, 1.54) is 6.07 Å². The molecule has 0 saturated heterocycles. The minimum Gasteiger partial charge on any atom is -0.327 e. The fourth-order valence-corrected chi connectivity index (χ4v) is 1.50. The minimum absolute atomic E-state index is 0.147. The van der Waals surface area contributed by atoms with Crippen LogP contribution in [-0.4, -0.2) is 24.5 Å². The Morgan fingerprint density at radius 2 is 2.21 bits per heavy atom. The average molecular weight is 196 g/mol. The molecule has 2 N–H and O–H groups in total. The number of nitrogens with two attached hydrogens (primary N) is 1. The van der Waals surface area contributed by atoms with Gasteiger partial charge in [-0.25, -0.2) is 4.39 Å². The van der Waals surface area contributed by atoms with Crippen molar-refractivity contribution in [1.29, 1.82) is 0 Å². The molecule has 2 nitrogen and oxygen atoms in total. The van der Waals surface area contributed by atoms with Gasteiger partial charge in [0, 0.05) is 19.1 Å². The van der Waals surface area contributed by atoms with E-state index in [4.69, 9.17) is 5.73 Å². The van der Waals surface area contributed by atoms with Crippen molar-refractivity contribution in [3.63, 3.8) is 0 Å². The first-order valence-corrected chi connectivity index (χ1v) is 4.76. The summed E-state index contributed by atoms with van der Waals surface area (Å²) in [5.74, 6) is -0.184. The van der Waals surface area contributed by atoms with E-state index in [9.17, 15) is 4.39 Å². The highest BCUT2D eigenvalue weighted by molar-refractivity contribution is 5.15. The van der Waals surface area contributed by atoms with E-state index in [1.807, 2.05) is 20.0 Å². The Morgan fingerprint density at radius 1 is 1.50 bits per heavy atom. The minimum atomic E-state index is -0.184. The second-order valence-electron chi connectivity index (χ2n) is 3.80. The first kappa shape index (κ1) is 11.1. The highest BCUT2D eigenvalue weighted by Gasteiger charge is 2.03. The lowest BCUT2D eigenvalue weighted by atomic mass is 10.2. The standard InChI is InChI=1S/C11H17FN2/c1-9(13)7-14(2)8-10-4-3-5-11(12)6-10/h3-6,9H,7-8,13H2,1-2H3. The number of halogens is 1. The number of hydrogen-bond donors (Lipinski definition) is 1. The predicted molar refractivity (Wildman–Crippen MR) is 56.4 cm³/mol. The van der Waals surface area contributed by atoms with Crippen LogP contribution in [0.5, 0.6) is 0 Å². The first-order chi connectivity index (χ1) is 6.58. The Morgan fingerprint density at radius 3 is 2.79 bits per heavy atom. The van der Waals surface area contributed by atoms with E-state index >= 15 is 0 Å². The van der Waals surface area contributed by atoms with Crippen molar-refractivity contribution in [2.24, 2.45) is 5.73 Å². The monoisotopic (exact) mass is 196 g/mol. The van der Waals surface area contributed by atoms with Crippen molar-refractivity contribution < 1.29 is 4.39 Å². The Labute approximate surface area is 84.5 Å². The van der Waals surface area contributed by atoms with Crippen molar-refractivity contribution in [3.05, 3.63) is 35.6 Å². The Hall–Kier alpha value is -0.930. The smallest absolute Gasteiger partial charge is 0.123 e. The summed E-state index contributed by atoms with van der Waals surface area (Å²) in [5, 5.41) is 0. The van der Waals surface area contributed by atoms with Crippen LogP contribution in [0.25, 0.3) is 0 Å². The molecule has 78 valence electrons. The van der Waals surface area contributed by atoms with E-state index in [0.717, 1.165) is 18.7 Å². The van der Waals surface area contributed by atoms with Gasteiger partial charge in [0.25, 0.3) is 0 Å². The molecule has 1 atom stereocenters. The second-order valence-corrected chi connectivity index (χ2v) is 3.80. The van der Waals surface area contributed by atoms with E-state index in [-0.39, 0.29) is 11.9 Å². The Kier molecular flexibility index (Phi) is 4.04. The molecule has 0 aliphatic heterocycles. The highest BCUT2D eigenvalue weighted by atomic mass is 19.1. The summed E-state index contributed by atoms with van der Waals surface area (Å²) in [6, 6.07) is 6.80. The van der Waals surface area contributed by atoms with Crippen LogP contribution in [-0.2, 0) is 6.54 Å². The molecule has 0 aromatic heterocycles. The summed E-state index contributed by atoms with van der Waals surface area (Å²) in [7, 11) is 1.98. The van der Waals surface area contributed by atoms with Gasteiger partial charge >= 0.3 is 0 Å². The Bertz CT molecular complexity index is 286. The topological polar surface area (TPSA) is 29.3 Å². The molecule has 14 heavy (non-hydrogen) atoms. The van der Waals surface area contributed by atoms with Crippen LogP contribution in [0.15, 0.2) is 24.3 Å². The number of nitrogens with zero attached hydrogens (tertiary/aromatic N) is 1. The summed E-state index contributed by atoms with van der Waals surface area (Å²) in [6.07, 6.45) is 0. The van der Waals surface area contributed by atoms with Crippen molar-refractivity contribution in [1.82, 2.24) is 4.90 Å². The van der Waals surface area contributed by atoms with Crippen molar-refractivity contribution in [2.75, 3.05) is 13.6 Å². The fraction of sp³-hybridized carbons (Fsp3) is 0.455. The largest absolute Gasteiger partial charge is 0.327 e. The van der Waals surface area contributed by atoms with Gasteiger partial charge in [-0.05, 0) is 31.7 Å². The Balaban J connectivity index is 2.51. The maximum atomic E-state index is 12.8. The zero-order valence-electron chi connectivity index (χ0n) is 8.70. The fourth-order valence-electron chi connectivity index (χ4n) is 1.50. The molecule has 0 saturated carbocycles. The van der Waals surface area contributed by atoms with Gasteiger partial charge in [-0.15, -0.1) is 0 Å². The maximum absolute atomic E-state index is 12.8. The SMILES string of the molecule is CC(N)CN(C)Cc1cccc(F)c1. The molecule has 1 aromatic carbocycles. The molecule has 1 unspecified atom stereocenters. The number of benzene rings is 1. The molecule has 0 spiro atoms. The van der Waals surface area contributed by atoms with E-state index in [2.05, 4.69) is 4.90 Å². The van der Waals surface area contributed by atoms with Crippen LogP contribution in [0, 0.1) is 5.82 Å². The van der Waals surface area contributed by atoms with Crippen LogP contribution in [0.2, 0.25) is 0 Å². The third-order valence-electron chi connectivity index (χ3n) is 1.94. The van der Waals surface area contributed by atoms with Gasteiger partial charge < -0.3 is 10.6 Å².